The SMILES string of the molecule is N/N=C(/CN1CC(C(=O)NCCCc2ccc(Cl)c(Cl)c2)=C(O)C1=O)NN. The average Bonchev–Trinajstić information content (AvgIpc) is 2.94. The number of aliphatic hydroxyl groups excluding tert-OH is 1. The Kier molecular flexibility index (Phi) is 7.28. The van der Waals surface area contributed by atoms with E-state index in [9.17, 15) is 14.7 Å². The smallest absolute Gasteiger partial charge is 0.289 e. The molecule has 0 saturated carbocycles. The van der Waals surface area contributed by atoms with Crippen molar-refractivity contribution in [3.8, 4) is 0 Å². The molecule has 2 rings (SSSR count). The monoisotopic (exact) mass is 414 g/mol. The highest BCUT2D eigenvalue weighted by molar-refractivity contribution is 6.42. The maximum absolute atomic E-state index is 12.2. The lowest BCUT2D eigenvalue weighted by molar-refractivity contribution is -0.127. The maximum Gasteiger partial charge on any atom is 0.289 e. The molecule has 1 aliphatic rings. The average molecular weight is 415 g/mol. The zero-order chi connectivity index (χ0) is 20.0. The van der Waals surface area contributed by atoms with E-state index in [0.29, 0.717) is 29.4 Å². The molecular weight excluding hydrogens is 395 g/mol. The summed E-state index contributed by atoms with van der Waals surface area (Å²) in [6, 6.07) is 5.35. The van der Waals surface area contributed by atoms with Crippen molar-refractivity contribution in [3.63, 3.8) is 0 Å². The quantitative estimate of drug-likeness (QED) is 0.144. The molecule has 7 N–H and O–H groups in total. The Morgan fingerprint density at radius 3 is 2.70 bits per heavy atom. The van der Waals surface area contributed by atoms with E-state index in [2.05, 4.69) is 15.8 Å². The molecule has 0 aliphatic carbocycles. The number of halogens is 2. The third kappa shape index (κ3) is 5.25. The van der Waals surface area contributed by atoms with Crippen LogP contribution < -0.4 is 22.4 Å². The lowest BCUT2D eigenvalue weighted by Gasteiger charge is -2.16. The number of amides is 2. The molecule has 0 unspecified atom stereocenters. The minimum atomic E-state index is -0.688. The van der Waals surface area contributed by atoms with Gasteiger partial charge in [-0.2, -0.15) is 5.10 Å². The summed E-state index contributed by atoms with van der Waals surface area (Å²) in [5.74, 6) is 8.68. The number of carbonyl (C=O) groups excluding carboxylic acids is 2. The van der Waals surface area contributed by atoms with Crippen molar-refractivity contribution < 1.29 is 14.7 Å². The Hall–Kier alpha value is -2.49. The first-order valence-corrected chi connectivity index (χ1v) is 8.79. The van der Waals surface area contributed by atoms with Crippen LogP contribution in [0.25, 0.3) is 0 Å². The summed E-state index contributed by atoms with van der Waals surface area (Å²) in [7, 11) is 0. The van der Waals surface area contributed by atoms with E-state index in [1.807, 2.05) is 6.07 Å². The number of carbonyl (C=O) groups is 2. The number of nitrogens with two attached hydrogens (primary N) is 2. The fourth-order valence-corrected chi connectivity index (χ4v) is 2.84. The van der Waals surface area contributed by atoms with Gasteiger partial charge in [-0.3, -0.25) is 9.59 Å². The molecule has 1 aliphatic heterocycles. The van der Waals surface area contributed by atoms with E-state index < -0.39 is 17.6 Å². The van der Waals surface area contributed by atoms with Crippen LogP contribution in [0.15, 0.2) is 34.6 Å². The second-order valence-electron chi connectivity index (χ2n) is 5.82. The predicted molar refractivity (Wildman–Crippen MR) is 103 cm³/mol. The van der Waals surface area contributed by atoms with Gasteiger partial charge in [0.25, 0.3) is 11.8 Å². The van der Waals surface area contributed by atoms with Crippen LogP contribution >= 0.6 is 23.2 Å². The van der Waals surface area contributed by atoms with Crippen molar-refractivity contribution in [2.24, 2.45) is 16.8 Å². The van der Waals surface area contributed by atoms with Gasteiger partial charge in [-0.25, -0.2) is 5.84 Å². The van der Waals surface area contributed by atoms with Crippen molar-refractivity contribution >= 4 is 40.9 Å². The summed E-state index contributed by atoms with van der Waals surface area (Å²) in [6.07, 6.45) is 1.34. The number of nitrogens with zero attached hydrogens (tertiary/aromatic N) is 2. The molecular formula is C16H20Cl2N6O3. The molecule has 0 atom stereocenters. The van der Waals surface area contributed by atoms with Gasteiger partial charge in [0.15, 0.2) is 11.6 Å². The summed E-state index contributed by atoms with van der Waals surface area (Å²) in [4.78, 5) is 25.5. The third-order valence-electron chi connectivity index (χ3n) is 3.97. The van der Waals surface area contributed by atoms with Gasteiger partial charge in [-0.1, -0.05) is 29.3 Å². The normalized spacial score (nSPS) is 14.7. The van der Waals surface area contributed by atoms with Crippen LogP contribution in [-0.2, 0) is 16.0 Å². The summed E-state index contributed by atoms with van der Waals surface area (Å²) >= 11 is 11.8. The molecule has 27 heavy (non-hydrogen) atoms. The van der Waals surface area contributed by atoms with Gasteiger partial charge in [-0.05, 0) is 30.5 Å². The first-order chi connectivity index (χ1) is 12.9. The van der Waals surface area contributed by atoms with Crippen LogP contribution in [0.4, 0.5) is 0 Å². The van der Waals surface area contributed by atoms with E-state index in [0.717, 1.165) is 5.56 Å². The largest absolute Gasteiger partial charge is 0.503 e. The van der Waals surface area contributed by atoms with Gasteiger partial charge in [0, 0.05) is 6.54 Å². The fourth-order valence-electron chi connectivity index (χ4n) is 2.52. The minimum Gasteiger partial charge on any atom is -0.503 e. The van der Waals surface area contributed by atoms with Crippen LogP contribution in [0.3, 0.4) is 0 Å². The van der Waals surface area contributed by atoms with Crippen molar-refractivity contribution in [2.45, 2.75) is 12.8 Å². The molecule has 0 fully saturated rings. The van der Waals surface area contributed by atoms with Crippen molar-refractivity contribution in [3.05, 3.63) is 45.1 Å². The zero-order valence-electron chi connectivity index (χ0n) is 14.3. The molecule has 0 saturated heterocycles. The molecule has 0 spiro atoms. The number of aryl methyl sites for hydroxylation is 1. The third-order valence-corrected chi connectivity index (χ3v) is 4.71. The number of hydrazine groups is 1. The van der Waals surface area contributed by atoms with Crippen LogP contribution in [0.5, 0.6) is 0 Å². The minimum absolute atomic E-state index is 0.0112. The lowest BCUT2D eigenvalue weighted by Crippen LogP contribution is -2.42. The van der Waals surface area contributed by atoms with Crippen molar-refractivity contribution in [1.29, 1.82) is 0 Å². The molecule has 0 radical (unpaired) electrons. The number of hydrogen-bond donors (Lipinski definition) is 5. The summed E-state index contributed by atoms with van der Waals surface area (Å²) < 4.78 is 0. The molecule has 0 bridgehead atoms. The Morgan fingerprint density at radius 2 is 2.07 bits per heavy atom. The van der Waals surface area contributed by atoms with Crippen LogP contribution in [0.2, 0.25) is 10.0 Å². The number of nitrogens with one attached hydrogen (secondary N) is 2. The molecule has 9 nitrogen and oxygen atoms in total. The molecule has 1 heterocycles. The van der Waals surface area contributed by atoms with E-state index in [1.165, 1.54) is 4.90 Å². The molecule has 1 aromatic rings. The van der Waals surface area contributed by atoms with E-state index in [-0.39, 0.29) is 24.5 Å². The molecule has 146 valence electrons. The standard InChI is InChI=1S/C16H20Cl2N6O3/c17-11-4-3-9(6-12(11)18)2-1-5-21-15(26)10-7-24(16(27)14(10)25)8-13(22-19)23-20/h3-4,6,25H,1-2,5,7-8,19-20H2,(H,21,26)(H,22,23). The molecule has 1 aromatic carbocycles. The van der Waals surface area contributed by atoms with Crippen molar-refractivity contribution in [1.82, 2.24) is 15.6 Å². The summed E-state index contributed by atoms with van der Waals surface area (Å²) in [5, 5.41) is 16.9. The Morgan fingerprint density at radius 1 is 1.33 bits per heavy atom. The number of hydrogen-bond acceptors (Lipinski definition) is 6. The summed E-state index contributed by atoms with van der Waals surface area (Å²) in [5.41, 5.74) is 3.22. The molecule has 2 amide bonds. The summed E-state index contributed by atoms with van der Waals surface area (Å²) in [6.45, 7) is 0.248. The van der Waals surface area contributed by atoms with Gasteiger partial charge in [0.05, 0.1) is 28.7 Å². The number of rotatable bonds is 7. The highest BCUT2D eigenvalue weighted by Crippen LogP contribution is 2.23. The number of hydrazone groups is 1. The van der Waals surface area contributed by atoms with E-state index in [1.54, 1.807) is 12.1 Å². The topological polar surface area (TPSA) is 146 Å². The highest BCUT2D eigenvalue weighted by atomic mass is 35.5. The zero-order valence-corrected chi connectivity index (χ0v) is 15.8. The van der Waals surface area contributed by atoms with E-state index in [4.69, 9.17) is 34.9 Å². The highest BCUT2D eigenvalue weighted by Gasteiger charge is 2.34. The van der Waals surface area contributed by atoms with Crippen LogP contribution in [0.1, 0.15) is 12.0 Å². The van der Waals surface area contributed by atoms with Crippen LogP contribution in [0, 0.1) is 0 Å². The lowest BCUT2D eigenvalue weighted by atomic mass is 10.1. The maximum atomic E-state index is 12.2. The predicted octanol–water partition coefficient (Wildman–Crippen LogP) is 0.432. The Labute approximate surface area is 165 Å². The number of benzene rings is 1. The van der Waals surface area contributed by atoms with E-state index >= 15 is 0 Å². The molecule has 0 aromatic heterocycles. The van der Waals surface area contributed by atoms with Gasteiger partial charge in [0.1, 0.15) is 0 Å². The number of amidine groups is 1. The second-order valence-corrected chi connectivity index (χ2v) is 6.63. The second kappa shape index (κ2) is 9.45. The van der Waals surface area contributed by atoms with Gasteiger partial charge < -0.3 is 26.6 Å². The van der Waals surface area contributed by atoms with Gasteiger partial charge >= 0.3 is 0 Å². The van der Waals surface area contributed by atoms with Gasteiger partial charge in [-0.15, -0.1) is 0 Å². The molecule has 11 heteroatoms. The first kappa shape index (κ1) is 20.8. The number of aliphatic hydroxyl groups is 1. The van der Waals surface area contributed by atoms with Crippen LogP contribution in [-0.4, -0.2) is 47.3 Å². The first-order valence-electron chi connectivity index (χ1n) is 8.04. The Balaban J connectivity index is 1.84. The van der Waals surface area contributed by atoms with Gasteiger partial charge in [0.2, 0.25) is 0 Å². The Bertz CT molecular complexity index is 796. The fraction of sp³-hybridized carbons (Fsp3) is 0.312. The van der Waals surface area contributed by atoms with Crippen molar-refractivity contribution in [2.75, 3.05) is 19.6 Å².